The standard InChI is InChI=1S/C17H20N4O2S/c1-17(2,13-6-4-3-5-7-13)16(23)21-10-8-20(9-11-21)15(22)14-12-18-24-19-14/h3-7,12H,8-11H2,1-2H3. The number of nitrogens with zero attached hydrogens (tertiary/aromatic N) is 4. The first-order valence-electron chi connectivity index (χ1n) is 7.92. The molecule has 0 saturated carbocycles. The predicted molar refractivity (Wildman–Crippen MR) is 91.9 cm³/mol. The molecule has 7 heteroatoms. The van der Waals surface area contributed by atoms with E-state index in [9.17, 15) is 9.59 Å². The molecule has 2 heterocycles. The molecule has 0 radical (unpaired) electrons. The molecule has 1 fully saturated rings. The number of amides is 2. The maximum Gasteiger partial charge on any atom is 0.275 e. The van der Waals surface area contributed by atoms with Crippen LogP contribution in [0, 0.1) is 0 Å². The number of hydrogen-bond acceptors (Lipinski definition) is 5. The lowest BCUT2D eigenvalue weighted by molar-refractivity contribution is -0.137. The van der Waals surface area contributed by atoms with Crippen LogP contribution in [0.25, 0.3) is 0 Å². The summed E-state index contributed by atoms with van der Waals surface area (Å²) >= 11 is 1.03. The third-order valence-corrected chi connectivity index (χ3v) is 4.94. The van der Waals surface area contributed by atoms with Crippen LogP contribution in [0.1, 0.15) is 29.9 Å². The molecule has 1 aromatic heterocycles. The maximum atomic E-state index is 12.9. The summed E-state index contributed by atoms with van der Waals surface area (Å²) in [6.45, 7) is 6.02. The third kappa shape index (κ3) is 3.17. The van der Waals surface area contributed by atoms with Gasteiger partial charge in [-0.25, -0.2) is 0 Å². The van der Waals surface area contributed by atoms with E-state index in [4.69, 9.17) is 0 Å². The third-order valence-electron chi connectivity index (χ3n) is 4.46. The van der Waals surface area contributed by atoms with Gasteiger partial charge >= 0.3 is 0 Å². The van der Waals surface area contributed by atoms with Crippen molar-refractivity contribution >= 4 is 23.5 Å². The van der Waals surface area contributed by atoms with Crippen LogP contribution in [-0.4, -0.2) is 56.5 Å². The number of carbonyl (C=O) groups is 2. The smallest absolute Gasteiger partial charge is 0.275 e. The Labute approximate surface area is 145 Å². The van der Waals surface area contributed by atoms with Crippen molar-refractivity contribution in [3.8, 4) is 0 Å². The van der Waals surface area contributed by atoms with E-state index in [-0.39, 0.29) is 11.8 Å². The average Bonchev–Trinajstić information content (AvgIpc) is 3.16. The second-order valence-corrected chi connectivity index (χ2v) is 6.92. The first-order chi connectivity index (χ1) is 11.5. The zero-order valence-electron chi connectivity index (χ0n) is 13.8. The second kappa shape index (κ2) is 6.68. The Morgan fingerprint density at radius 3 is 2.25 bits per heavy atom. The van der Waals surface area contributed by atoms with E-state index in [0.717, 1.165) is 17.3 Å². The van der Waals surface area contributed by atoms with E-state index in [1.54, 1.807) is 4.90 Å². The SMILES string of the molecule is CC(C)(C(=O)N1CCN(C(=O)c2cnsn2)CC1)c1ccccc1. The van der Waals surface area contributed by atoms with Gasteiger partial charge < -0.3 is 9.80 Å². The number of benzene rings is 1. The van der Waals surface area contributed by atoms with Crippen molar-refractivity contribution in [3.05, 3.63) is 47.8 Å². The van der Waals surface area contributed by atoms with E-state index in [0.29, 0.717) is 31.9 Å². The molecule has 0 spiro atoms. The fraction of sp³-hybridized carbons (Fsp3) is 0.412. The van der Waals surface area contributed by atoms with Crippen molar-refractivity contribution in [3.63, 3.8) is 0 Å². The van der Waals surface area contributed by atoms with Crippen LogP contribution in [0.2, 0.25) is 0 Å². The summed E-state index contributed by atoms with van der Waals surface area (Å²) in [5.41, 5.74) is 0.804. The van der Waals surface area contributed by atoms with Crippen LogP contribution in [-0.2, 0) is 10.2 Å². The van der Waals surface area contributed by atoms with Crippen molar-refractivity contribution in [1.82, 2.24) is 18.5 Å². The molecule has 0 N–H and O–H groups in total. The lowest BCUT2D eigenvalue weighted by Gasteiger charge is -2.38. The summed E-state index contributed by atoms with van der Waals surface area (Å²) in [6, 6.07) is 9.80. The Morgan fingerprint density at radius 2 is 1.67 bits per heavy atom. The number of hydrogen-bond donors (Lipinski definition) is 0. The molecule has 2 aromatic rings. The van der Waals surface area contributed by atoms with E-state index in [1.807, 2.05) is 49.1 Å². The van der Waals surface area contributed by atoms with Crippen molar-refractivity contribution in [2.75, 3.05) is 26.2 Å². The Kier molecular flexibility index (Phi) is 4.62. The molecule has 126 valence electrons. The van der Waals surface area contributed by atoms with Crippen LogP contribution in [0.15, 0.2) is 36.5 Å². The fourth-order valence-corrected chi connectivity index (χ4v) is 3.31. The van der Waals surface area contributed by atoms with Gasteiger partial charge in [0.1, 0.15) is 0 Å². The van der Waals surface area contributed by atoms with Gasteiger partial charge in [-0.3, -0.25) is 9.59 Å². The number of piperazine rings is 1. The van der Waals surface area contributed by atoms with Crippen LogP contribution < -0.4 is 0 Å². The number of aromatic nitrogens is 2. The van der Waals surface area contributed by atoms with E-state index < -0.39 is 5.41 Å². The van der Waals surface area contributed by atoms with Crippen LogP contribution in [0.5, 0.6) is 0 Å². The Bertz CT molecular complexity index is 707. The molecule has 24 heavy (non-hydrogen) atoms. The molecule has 1 saturated heterocycles. The summed E-state index contributed by atoms with van der Waals surface area (Å²) in [5, 5.41) is 0. The van der Waals surface area contributed by atoms with Gasteiger partial charge in [0.15, 0.2) is 5.69 Å². The molecule has 6 nitrogen and oxygen atoms in total. The first kappa shape index (κ1) is 16.6. The Morgan fingerprint density at radius 1 is 1.04 bits per heavy atom. The largest absolute Gasteiger partial charge is 0.338 e. The van der Waals surface area contributed by atoms with Crippen molar-refractivity contribution in [2.45, 2.75) is 19.3 Å². The van der Waals surface area contributed by atoms with Gasteiger partial charge in [0, 0.05) is 26.2 Å². The lowest BCUT2D eigenvalue weighted by Crippen LogP contribution is -2.54. The van der Waals surface area contributed by atoms with Crippen LogP contribution >= 0.6 is 11.7 Å². The monoisotopic (exact) mass is 344 g/mol. The van der Waals surface area contributed by atoms with Gasteiger partial charge in [-0.05, 0) is 19.4 Å². The quantitative estimate of drug-likeness (QED) is 0.852. The van der Waals surface area contributed by atoms with E-state index in [1.165, 1.54) is 6.20 Å². The Hall–Kier alpha value is -2.28. The van der Waals surface area contributed by atoms with Gasteiger partial charge in [0.2, 0.25) is 5.91 Å². The molecule has 1 aromatic carbocycles. The summed E-state index contributed by atoms with van der Waals surface area (Å²) in [4.78, 5) is 28.8. The van der Waals surface area contributed by atoms with E-state index >= 15 is 0 Å². The van der Waals surface area contributed by atoms with Crippen LogP contribution in [0.3, 0.4) is 0 Å². The summed E-state index contributed by atoms with van der Waals surface area (Å²) in [7, 11) is 0. The molecule has 0 aliphatic carbocycles. The number of carbonyl (C=O) groups excluding carboxylic acids is 2. The van der Waals surface area contributed by atoms with E-state index in [2.05, 4.69) is 8.75 Å². The molecule has 1 aliphatic heterocycles. The molecular formula is C17H20N4O2S. The van der Waals surface area contributed by atoms with Gasteiger partial charge in [-0.1, -0.05) is 30.3 Å². The van der Waals surface area contributed by atoms with Gasteiger partial charge in [0.25, 0.3) is 5.91 Å². The normalized spacial score (nSPS) is 15.4. The average molecular weight is 344 g/mol. The fourth-order valence-electron chi connectivity index (χ4n) is 2.91. The summed E-state index contributed by atoms with van der Waals surface area (Å²) < 4.78 is 7.85. The Balaban J connectivity index is 1.64. The predicted octanol–water partition coefficient (Wildman–Crippen LogP) is 1.80. The lowest BCUT2D eigenvalue weighted by atomic mass is 9.83. The molecule has 0 bridgehead atoms. The molecule has 0 unspecified atom stereocenters. The van der Waals surface area contributed by atoms with Crippen molar-refractivity contribution in [1.29, 1.82) is 0 Å². The zero-order chi connectivity index (χ0) is 17.2. The minimum absolute atomic E-state index is 0.0936. The van der Waals surface area contributed by atoms with Gasteiger partial charge in [0.05, 0.1) is 23.3 Å². The highest BCUT2D eigenvalue weighted by Crippen LogP contribution is 2.26. The van der Waals surface area contributed by atoms with Crippen molar-refractivity contribution in [2.24, 2.45) is 0 Å². The highest BCUT2D eigenvalue weighted by Gasteiger charge is 2.35. The van der Waals surface area contributed by atoms with Gasteiger partial charge in [-0.15, -0.1) is 0 Å². The minimum atomic E-state index is -0.577. The highest BCUT2D eigenvalue weighted by atomic mass is 32.1. The molecule has 0 atom stereocenters. The second-order valence-electron chi connectivity index (χ2n) is 6.37. The van der Waals surface area contributed by atoms with Crippen LogP contribution in [0.4, 0.5) is 0 Å². The topological polar surface area (TPSA) is 66.4 Å². The van der Waals surface area contributed by atoms with Gasteiger partial charge in [-0.2, -0.15) is 8.75 Å². The first-order valence-corrected chi connectivity index (χ1v) is 8.65. The zero-order valence-corrected chi connectivity index (χ0v) is 14.6. The maximum absolute atomic E-state index is 12.9. The number of rotatable bonds is 3. The molecular weight excluding hydrogens is 324 g/mol. The molecule has 3 rings (SSSR count). The minimum Gasteiger partial charge on any atom is -0.338 e. The molecule has 2 amide bonds. The summed E-state index contributed by atoms with van der Waals surface area (Å²) in [5.74, 6) is -0.0192. The van der Waals surface area contributed by atoms with Crippen molar-refractivity contribution < 1.29 is 9.59 Å². The highest BCUT2D eigenvalue weighted by molar-refractivity contribution is 6.99. The summed E-state index contributed by atoms with van der Waals surface area (Å²) in [6.07, 6.45) is 1.49. The molecule has 1 aliphatic rings.